The molecule has 0 saturated carbocycles. The Morgan fingerprint density at radius 1 is 1.12 bits per heavy atom. The number of hydrogen-bond acceptors (Lipinski definition) is 2. The van der Waals surface area contributed by atoms with E-state index in [0.717, 1.165) is 12.8 Å². The summed E-state index contributed by atoms with van der Waals surface area (Å²) < 4.78 is 0. The number of benzene rings is 1. The topological polar surface area (TPSA) is 46.2 Å². The van der Waals surface area contributed by atoms with Crippen LogP contribution in [-0.4, -0.2) is 17.8 Å². The Kier molecular flexibility index (Phi) is 5.66. The number of nitrogens with two attached hydrogens (primary N) is 1. The summed E-state index contributed by atoms with van der Waals surface area (Å²) in [6.45, 7) is 6.65. The molecule has 2 heteroatoms. The standard InChI is InChI=1S/C15H25NO/c1-11(2)10-13-4-6-14(7-5-13)15(8-9-17)12(3)16/h4-7,11-12,15,17H,8-10,16H2,1-3H3. The number of aliphatic hydroxyl groups is 1. The second-order valence-corrected chi connectivity index (χ2v) is 5.32. The highest BCUT2D eigenvalue weighted by atomic mass is 16.3. The summed E-state index contributed by atoms with van der Waals surface area (Å²) in [5, 5.41) is 9.06. The smallest absolute Gasteiger partial charge is 0.0437 e. The Bertz CT molecular complexity index is 316. The van der Waals surface area contributed by atoms with Gasteiger partial charge in [-0.25, -0.2) is 0 Å². The molecule has 3 N–H and O–H groups in total. The molecular formula is C15H25NO. The highest BCUT2D eigenvalue weighted by molar-refractivity contribution is 5.26. The van der Waals surface area contributed by atoms with Crippen LogP contribution in [-0.2, 0) is 6.42 Å². The quantitative estimate of drug-likeness (QED) is 0.796. The lowest BCUT2D eigenvalue weighted by atomic mass is 9.89. The van der Waals surface area contributed by atoms with Crippen LogP contribution < -0.4 is 5.73 Å². The van der Waals surface area contributed by atoms with E-state index in [4.69, 9.17) is 10.8 Å². The average Bonchev–Trinajstić information content (AvgIpc) is 2.26. The molecule has 17 heavy (non-hydrogen) atoms. The molecule has 2 nitrogen and oxygen atoms in total. The van der Waals surface area contributed by atoms with Gasteiger partial charge in [-0.3, -0.25) is 0 Å². The van der Waals surface area contributed by atoms with Crippen LogP contribution in [0.3, 0.4) is 0 Å². The van der Waals surface area contributed by atoms with E-state index < -0.39 is 0 Å². The fourth-order valence-corrected chi connectivity index (χ4v) is 2.24. The minimum atomic E-state index is 0.0816. The van der Waals surface area contributed by atoms with Crippen molar-refractivity contribution >= 4 is 0 Å². The van der Waals surface area contributed by atoms with Crippen LogP contribution in [0.25, 0.3) is 0 Å². The summed E-state index contributed by atoms with van der Waals surface area (Å²) in [6, 6.07) is 8.76. The van der Waals surface area contributed by atoms with Crippen molar-refractivity contribution in [3.8, 4) is 0 Å². The van der Waals surface area contributed by atoms with Gasteiger partial charge in [0.15, 0.2) is 0 Å². The molecule has 0 bridgehead atoms. The first-order chi connectivity index (χ1) is 8.04. The predicted octanol–water partition coefficient (Wildman–Crippen LogP) is 2.70. The van der Waals surface area contributed by atoms with E-state index in [9.17, 15) is 0 Å². The second kappa shape index (κ2) is 6.77. The van der Waals surface area contributed by atoms with Crippen molar-refractivity contribution in [2.45, 2.75) is 45.6 Å². The molecule has 0 spiro atoms. The van der Waals surface area contributed by atoms with Gasteiger partial charge >= 0.3 is 0 Å². The normalized spacial score (nSPS) is 14.9. The van der Waals surface area contributed by atoms with Gasteiger partial charge in [-0.1, -0.05) is 38.1 Å². The van der Waals surface area contributed by atoms with Crippen molar-refractivity contribution in [2.24, 2.45) is 11.7 Å². The molecule has 0 aliphatic carbocycles. The summed E-state index contributed by atoms with van der Waals surface area (Å²) in [5.41, 5.74) is 8.57. The summed E-state index contributed by atoms with van der Waals surface area (Å²) in [4.78, 5) is 0. The van der Waals surface area contributed by atoms with Gasteiger partial charge in [0, 0.05) is 18.6 Å². The van der Waals surface area contributed by atoms with E-state index in [1.165, 1.54) is 11.1 Å². The van der Waals surface area contributed by atoms with Crippen LogP contribution in [0.4, 0.5) is 0 Å². The van der Waals surface area contributed by atoms with Crippen LogP contribution >= 0.6 is 0 Å². The first-order valence-electron chi connectivity index (χ1n) is 6.50. The molecule has 1 aromatic rings. The number of hydrogen-bond donors (Lipinski definition) is 2. The Labute approximate surface area is 105 Å². The van der Waals surface area contributed by atoms with E-state index in [-0.39, 0.29) is 18.6 Å². The third-order valence-corrected chi connectivity index (χ3v) is 3.13. The maximum atomic E-state index is 9.06. The number of aliphatic hydroxyl groups excluding tert-OH is 1. The van der Waals surface area contributed by atoms with Gasteiger partial charge in [-0.15, -0.1) is 0 Å². The van der Waals surface area contributed by atoms with Gasteiger partial charge in [0.1, 0.15) is 0 Å². The van der Waals surface area contributed by atoms with Crippen molar-refractivity contribution in [3.05, 3.63) is 35.4 Å². The van der Waals surface area contributed by atoms with Crippen LogP contribution in [0, 0.1) is 5.92 Å². The van der Waals surface area contributed by atoms with E-state index in [1.807, 2.05) is 6.92 Å². The largest absolute Gasteiger partial charge is 0.396 e. The third-order valence-electron chi connectivity index (χ3n) is 3.13. The lowest BCUT2D eigenvalue weighted by molar-refractivity contribution is 0.269. The molecule has 1 aromatic carbocycles. The van der Waals surface area contributed by atoms with Gasteiger partial charge in [0.25, 0.3) is 0 Å². The Morgan fingerprint density at radius 3 is 2.12 bits per heavy atom. The molecule has 2 unspecified atom stereocenters. The molecule has 0 aromatic heterocycles. The molecule has 1 rings (SSSR count). The van der Waals surface area contributed by atoms with Gasteiger partial charge in [0.05, 0.1) is 0 Å². The molecule has 2 atom stereocenters. The van der Waals surface area contributed by atoms with E-state index >= 15 is 0 Å². The maximum Gasteiger partial charge on any atom is 0.0437 e. The minimum absolute atomic E-state index is 0.0816. The van der Waals surface area contributed by atoms with E-state index in [1.54, 1.807) is 0 Å². The molecule has 0 heterocycles. The van der Waals surface area contributed by atoms with Crippen LogP contribution in [0.15, 0.2) is 24.3 Å². The lowest BCUT2D eigenvalue weighted by Gasteiger charge is -2.20. The third kappa shape index (κ3) is 4.49. The fraction of sp³-hybridized carbons (Fsp3) is 0.600. The summed E-state index contributed by atoms with van der Waals surface area (Å²) in [7, 11) is 0. The number of rotatable bonds is 6. The van der Waals surface area contributed by atoms with Gasteiger partial charge in [-0.05, 0) is 36.8 Å². The van der Waals surface area contributed by atoms with Crippen LogP contribution in [0.1, 0.15) is 44.2 Å². The minimum Gasteiger partial charge on any atom is -0.396 e. The van der Waals surface area contributed by atoms with Crippen molar-refractivity contribution < 1.29 is 5.11 Å². The Hall–Kier alpha value is -0.860. The zero-order valence-electron chi connectivity index (χ0n) is 11.2. The summed E-state index contributed by atoms with van der Waals surface area (Å²) in [6.07, 6.45) is 1.85. The maximum absolute atomic E-state index is 9.06. The second-order valence-electron chi connectivity index (χ2n) is 5.32. The molecule has 0 aliphatic heterocycles. The van der Waals surface area contributed by atoms with Gasteiger partial charge < -0.3 is 10.8 Å². The molecule has 0 aliphatic rings. The van der Waals surface area contributed by atoms with Crippen molar-refractivity contribution in [2.75, 3.05) is 6.61 Å². The highest BCUT2D eigenvalue weighted by Crippen LogP contribution is 2.23. The van der Waals surface area contributed by atoms with Crippen molar-refractivity contribution in [1.29, 1.82) is 0 Å². The van der Waals surface area contributed by atoms with Crippen molar-refractivity contribution in [1.82, 2.24) is 0 Å². The predicted molar refractivity (Wildman–Crippen MR) is 73.1 cm³/mol. The van der Waals surface area contributed by atoms with E-state index in [2.05, 4.69) is 38.1 Å². The molecular weight excluding hydrogens is 210 g/mol. The Morgan fingerprint density at radius 2 is 1.71 bits per heavy atom. The lowest BCUT2D eigenvalue weighted by Crippen LogP contribution is -2.25. The van der Waals surface area contributed by atoms with Crippen LogP contribution in [0.5, 0.6) is 0 Å². The Balaban J connectivity index is 2.77. The average molecular weight is 235 g/mol. The first kappa shape index (κ1) is 14.2. The van der Waals surface area contributed by atoms with E-state index in [0.29, 0.717) is 5.92 Å². The molecule has 0 radical (unpaired) electrons. The molecule has 0 fully saturated rings. The zero-order valence-corrected chi connectivity index (χ0v) is 11.2. The summed E-state index contributed by atoms with van der Waals surface area (Å²) >= 11 is 0. The highest BCUT2D eigenvalue weighted by Gasteiger charge is 2.15. The molecule has 0 saturated heterocycles. The monoisotopic (exact) mass is 235 g/mol. The zero-order chi connectivity index (χ0) is 12.8. The van der Waals surface area contributed by atoms with Crippen molar-refractivity contribution in [3.63, 3.8) is 0 Å². The van der Waals surface area contributed by atoms with Crippen LogP contribution in [0.2, 0.25) is 0 Å². The molecule has 0 amide bonds. The first-order valence-corrected chi connectivity index (χ1v) is 6.50. The molecule has 96 valence electrons. The van der Waals surface area contributed by atoms with Gasteiger partial charge in [-0.2, -0.15) is 0 Å². The van der Waals surface area contributed by atoms with Gasteiger partial charge in [0.2, 0.25) is 0 Å². The fourth-order valence-electron chi connectivity index (χ4n) is 2.24. The SMILES string of the molecule is CC(C)Cc1ccc(C(CCO)C(C)N)cc1. The summed E-state index contributed by atoms with van der Waals surface area (Å²) in [5.74, 6) is 0.940.